The highest BCUT2D eigenvalue weighted by atomic mass is 32.1. The molecule has 1 aromatic rings. The van der Waals surface area contributed by atoms with Gasteiger partial charge in [0.1, 0.15) is 6.54 Å². The third-order valence-electron chi connectivity index (χ3n) is 2.04. The van der Waals surface area contributed by atoms with Crippen molar-refractivity contribution in [1.29, 1.82) is 0 Å². The molecule has 0 aromatic carbocycles. The van der Waals surface area contributed by atoms with Crippen LogP contribution in [-0.4, -0.2) is 38.0 Å². The van der Waals surface area contributed by atoms with Gasteiger partial charge in [-0.15, -0.1) is 11.3 Å². The summed E-state index contributed by atoms with van der Waals surface area (Å²) in [4.78, 5) is 34.1. The number of hydrogen-bond acceptors (Lipinski definition) is 5. The maximum atomic E-state index is 11.5. The van der Waals surface area contributed by atoms with E-state index in [9.17, 15) is 14.4 Å². The van der Waals surface area contributed by atoms with Crippen LogP contribution in [0.15, 0.2) is 17.5 Å². The van der Waals surface area contributed by atoms with Crippen LogP contribution in [0.25, 0.3) is 0 Å². The lowest BCUT2D eigenvalue weighted by Gasteiger charge is -2.05. The van der Waals surface area contributed by atoms with Gasteiger partial charge < -0.3 is 15.4 Å². The molecule has 0 aliphatic rings. The quantitative estimate of drug-likeness (QED) is 0.721. The van der Waals surface area contributed by atoms with Gasteiger partial charge in [-0.3, -0.25) is 14.4 Å². The van der Waals surface area contributed by atoms with Crippen molar-refractivity contribution in [2.45, 2.75) is 6.42 Å². The number of thiophene rings is 1. The number of ether oxygens (including phenoxy) is 1. The van der Waals surface area contributed by atoms with Crippen molar-refractivity contribution in [3.8, 4) is 0 Å². The van der Waals surface area contributed by atoms with Gasteiger partial charge >= 0.3 is 5.97 Å². The summed E-state index contributed by atoms with van der Waals surface area (Å²) in [5, 5.41) is 6.80. The van der Waals surface area contributed by atoms with Crippen LogP contribution < -0.4 is 10.6 Å². The molecule has 0 fully saturated rings. The normalized spacial score (nSPS) is 9.61. The molecule has 1 aromatic heterocycles. The molecule has 7 heteroatoms. The summed E-state index contributed by atoms with van der Waals surface area (Å²) in [6.07, 6.45) is 0.119. The average molecular weight is 270 g/mol. The van der Waals surface area contributed by atoms with Crippen LogP contribution in [0.2, 0.25) is 0 Å². The van der Waals surface area contributed by atoms with Gasteiger partial charge in [-0.25, -0.2) is 0 Å². The van der Waals surface area contributed by atoms with Crippen LogP contribution in [-0.2, 0) is 14.3 Å². The van der Waals surface area contributed by atoms with Crippen LogP contribution in [0.4, 0.5) is 0 Å². The fraction of sp³-hybridized carbons (Fsp3) is 0.364. The van der Waals surface area contributed by atoms with E-state index in [0.29, 0.717) is 4.88 Å². The predicted octanol–water partition coefficient (Wildman–Crippen LogP) is 0.157. The molecule has 0 bridgehead atoms. The number of amides is 2. The van der Waals surface area contributed by atoms with Crippen molar-refractivity contribution in [3.05, 3.63) is 22.4 Å². The first kappa shape index (κ1) is 14.2. The highest BCUT2D eigenvalue weighted by molar-refractivity contribution is 7.12. The predicted molar refractivity (Wildman–Crippen MR) is 66.3 cm³/mol. The zero-order valence-electron chi connectivity index (χ0n) is 9.89. The summed E-state index contributed by atoms with van der Waals surface area (Å²) >= 11 is 1.33. The molecule has 0 aliphatic heterocycles. The Labute approximate surface area is 108 Å². The average Bonchev–Trinajstić information content (AvgIpc) is 2.89. The monoisotopic (exact) mass is 270 g/mol. The summed E-state index contributed by atoms with van der Waals surface area (Å²) in [6.45, 7) is 0.0674. The Morgan fingerprint density at radius 3 is 2.72 bits per heavy atom. The fourth-order valence-electron chi connectivity index (χ4n) is 1.12. The van der Waals surface area contributed by atoms with Crippen molar-refractivity contribution < 1.29 is 19.1 Å². The van der Waals surface area contributed by atoms with E-state index in [2.05, 4.69) is 15.4 Å². The first-order valence-corrected chi connectivity index (χ1v) is 6.16. The Kier molecular flexibility index (Phi) is 5.86. The summed E-state index contributed by atoms with van der Waals surface area (Å²) in [6, 6.07) is 3.49. The third kappa shape index (κ3) is 4.96. The lowest BCUT2D eigenvalue weighted by molar-refractivity contribution is -0.141. The van der Waals surface area contributed by atoms with Gasteiger partial charge in [-0.05, 0) is 11.4 Å². The third-order valence-corrected chi connectivity index (χ3v) is 2.91. The molecule has 0 radical (unpaired) electrons. The van der Waals surface area contributed by atoms with E-state index >= 15 is 0 Å². The second kappa shape index (κ2) is 7.44. The largest absolute Gasteiger partial charge is 0.468 e. The minimum atomic E-state index is -0.508. The van der Waals surface area contributed by atoms with Gasteiger partial charge in [0.2, 0.25) is 5.91 Å². The second-order valence-corrected chi connectivity index (χ2v) is 4.28. The molecular formula is C11H14N2O4S. The summed E-state index contributed by atoms with van der Waals surface area (Å²) < 4.78 is 4.37. The fourth-order valence-corrected chi connectivity index (χ4v) is 1.76. The van der Waals surface area contributed by atoms with E-state index in [1.807, 2.05) is 0 Å². The SMILES string of the molecule is COC(=O)CNC(=O)CCNC(=O)c1cccs1. The van der Waals surface area contributed by atoms with E-state index in [-0.39, 0.29) is 31.3 Å². The zero-order chi connectivity index (χ0) is 13.4. The van der Waals surface area contributed by atoms with Gasteiger partial charge in [-0.2, -0.15) is 0 Å². The van der Waals surface area contributed by atoms with Crippen molar-refractivity contribution in [2.24, 2.45) is 0 Å². The molecule has 0 aliphatic carbocycles. The van der Waals surface area contributed by atoms with Crippen molar-refractivity contribution in [3.63, 3.8) is 0 Å². The summed E-state index contributed by atoms with van der Waals surface area (Å²) in [5.74, 6) is -1.02. The minimum absolute atomic E-state index is 0.119. The highest BCUT2D eigenvalue weighted by Crippen LogP contribution is 2.07. The molecule has 2 N–H and O–H groups in total. The van der Waals surface area contributed by atoms with Crippen LogP contribution in [0.5, 0.6) is 0 Å². The van der Waals surface area contributed by atoms with E-state index in [1.54, 1.807) is 17.5 Å². The molecule has 0 saturated heterocycles. The van der Waals surface area contributed by atoms with Gasteiger partial charge in [0.05, 0.1) is 12.0 Å². The van der Waals surface area contributed by atoms with E-state index in [1.165, 1.54) is 18.4 Å². The van der Waals surface area contributed by atoms with Gasteiger partial charge in [0, 0.05) is 13.0 Å². The molecule has 0 unspecified atom stereocenters. The molecule has 0 atom stereocenters. The Bertz CT molecular complexity index is 417. The Morgan fingerprint density at radius 2 is 2.11 bits per heavy atom. The Morgan fingerprint density at radius 1 is 1.33 bits per heavy atom. The van der Waals surface area contributed by atoms with Gasteiger partial charge in [0.25, 0.3) is 5.91 Å². The van der Waals surface area contributed by atoms with Crippen LogP contribution in [0.1, 0.15) is 16.1 Å². The molecule has 2 amide bonds. The van der Waals surface area contributed by atoms with Gasteiger partial charge in [-0.1, -0.05) is 6.07 Å². The number of carbonyl (C=O) groups excluding carboxylic acids is 3. The van der Waals surface area contributed by atoms with Gasteiger partial charge in [0.15, 0.2) is 0 Å². The standard InChI is InChI=1S/C11H14N2O4S/c1-17-10(15)7-13-9(14)4-5-12-11(16)8-3-2-6-18-8/h2-3,6H,4-5,7H2,1H3,(H,12,16)(H,13,14). The molecule has 1 heterocycles. The second-order valence-electron chi connectivity index (χ2n) is 3.34. The maximum Gasteiger partial charge on any atom is 0.325 e. The molecular weight excluding hydrogens is 256 g/mol. The van der Waals surface area contributed by atoms with Crippen LogP contribution in [0.3, 0.4) is 0 Å². The summed E-state index contributed by atoms with van der Waals surface area (Å²) in [7, 11) is 1.25. The van der Waals surface area contributed by atoms with Crippen LogP contribution >= 0.6 is 11.3 Å². The lowest BCUT2D eigenvalue weighted by atomic mass is 10.3. The molecule has 18 heavy (non-hydrogen) atoms. The first-order valence-electron chi connectivity index (χ1n) is 5.28. The van der Waals surface area contributed by atoms with E-state index < -0.39 is 5.97 Å². The Balaban J connectivity index is 2.16. The van der Waals surface area contributed by atoms with E-state index in [4.69, 9.17) is 0 Å². The smallest absolute Gasteiger partial charge is 0.325 e. The Hall–Kier alpha value is -1.89. The number of rotatable bonds is 6. The minimum Gasteiger partial charge on any atom is -0.468 e. The number of carbonyl (C=O) groups is 3. The number of hydrogen-bond donors (Lipinski definition) is 2. The topological polar surface area (TPSA) is 84.5 Å². The zero-order valence-corrected chi connectivity index (χ0v) is 10.7. The first-order chi connectivity index (χ1) is 8.63. The maximum absolute atomic E-state index is 11.5. The number of methoxy groups -OCH3 is 1. The molecule has 0 saturated carbocycles. The number of nitrogens with one attached hydrogen (secondary N) is 2. The summed E-state index contributed by atoms with van der Waals surface area (Å²) in [5.41, 5.74) is 0. The highest BCUT2D eigenvalue weighted by Gasteiger charge is 2.08. The van der Waals surface area contributed by atoms with Crippen molar-refractivity contribution in [1.82, 2.24) is 10.6 Å². The number of esters is 1. The van der Waals surface area contributed by atoms with Crippen LogP contribution in [0, 0.1) is 0 Å². The molecule has 0 spiro atoms. The lowest BCUT2D eigenvalue weighted by Crippen LogP contribution is -2.33. The molecule has 1 rings (SSSR count). The van der Waals surface area contributed by atoms with E-state index in [0.717, 1.165) is 0 Å². The molecule has 6 nitrogen and oxygen atoms in total. The van der Waals surface area contributed by atoms with Crippen molar-refractivity contribution >= 4 is 29.1 Å². The molecule has 98 valence electrons. The van der Waals surface area contributed by atoms with Crippen molar-refractivity contribution in [2.75, 3.05) is 20.2 Å².